The van der Waals surface area contributed by atoms with Crippen LogP contribution in [0, 0.1) is 0 Å². The Labute approximate surface area is 150 Å². The summed E-state index contributed by atoms with van der Waals surface area (Å²) in [7, 11) is 0. The smallest absolute Gasteiger partial charge is 0.238 e. The number of fused-ring (bicyclic) bond motifs is 1. The van der Waals surface area contributed by atoms with E-state index in [-0.39, 0.29) is 5.91 Å². The molecule has 1 aliphatic heterocycles. The Morgan fingerprint density at radius 3 is 2.64 bits per heavy atom. The number of nitrogens with zero attached hydrogens (tertiary/aromatic N) is 3. The molecule has 3 aromatic rings. The van der Waals surface area contributed by atoms with Gasteiger partial charge in [-0.15, -0.1) is 11.3 Å². The molecule has 0 aliphatic carbocycles. The summed E-state index contributed by atoms with van der Waals surface area (Å²) in [6, 6.07) is 14.2. The lowest BCUT2D eigenvalue weighted by molar-refractivity contribution is -0.117. The first-order valence-corrected chi connectivity index (χ1v) is 9.31. The van der Waals surface area contributed by atoms with Crippen LogP contribution in [0.1, 0.15) is 0 Å². The molecule has 0 radical (unpaired) electrons. The van der Waals surface area contributed by atoms with E-state index in [1.165, 1.54) is 5.39 Å². The molecule has 128 valence electrons. The minimum atomic E-state index is 0.0398. The molecule has 1 saturated heterocycles. The molecule has 0 saturated carbocycles. The predicted molar refractivity (Wildman–Crippen MR) is 103 cm³/mol. The molecule has 6 heteroatoms. The fourth-order valence-corrected chi connectivity index (χ4v) is 3.84. The fourth-order valence-electron chi connectivity index (χ4n) is 3.14. The van der Waals surface area contributed by atoms with Crippen molar-refractivity contribution in [1.29, 1.82) is 0 Å². The normalized spacial score (nSPS) is 15.4. The number of anilines is 2. The summed E-state index contributed by atoms with van der Waals surface area (Å²) in [5.41, 5.74) is 0.852. The van der Waals surface area contributed by atoms with Crippen LogP contribution in [0.25, 0.3) is 10.8 Å². The van der Waals surface area contributed by atoms with Gasteiger partial charge in [0.1, 0.15) is 0 Å². The molecular formula is C19H20N4OS. The zero-order valence-corrected chi connectivity index (χ0v) is 14.7. The van der Waals surface area contributed by atoms with Gasteiger partial charge in [0.05, 0.1) is 6.54 Å². The van der Waals surface area contributed by atoms with Gasteiger partial charge in [-0.05, 0) is 22.9 Å². The molecule has 0 atom stereocenters. The molecule has 1 aromatic heterocycles. The Kier molecular flexibility index (Phi) is 4.63. The number of benzene rings is 2. The molecule has 0 bridgehead atoms. The van der Waals surface area contributed by atoms with Gasteiger partial charge in [-0.2, -0.15) is 0 Å². The second-order valence-corrected chi connectivity index (χ2v) is 7.06. The summed E-state index contributed by atoms with van der Waals surface area (Å²) in [4.78, 5) is 21.2. The van der Waals surface area contributed by atoms with Gasteiger partial charge in [-0.3, -0.25) is 9.69 Å². The van der Waals surface area contributed by atoms with Crippen molar-refractivity contribution in [3.05, 3.63) is 54.0 Å². The topological polar surface area (TPSA) is 48.5 Å². The number of amides is 1. The largest absolute Gasteiger partial charge is 0.346 e. The molecule has 1 fully saturated rings. The Morgan fingerprint density at radius 1 is 1.08 bits per heavy atom. The predicted octanol–water partition coefficient (Wildman–Crippen LogP) is 3.06. The van der Waals surface area contributed by atoms with Crippen LogP contribution in [0.4, 0.5) is 10.8 Å². The van der Waals surface area contributed by atoms with Gasteiger partial charge in [-0.1, -0.05) is 30.3 Å². The van der Waals surface area contributed by atoms with Gasteiger partial charge < -0.3 is 10.2 Å². The summed E-state index contributed by atoms with van der Waals surface area (Å²) < 4.78 is 0. The van der Waals surface area contributed by atoms with Crippen molar-refractivity contribution >= 4 is 38.8 Å². The maximum atomic E-state index is 12.4. The van der Waals surface area contributed by atoms with Crippen molar-refractivity contribution in [1.82, 2.24) is 9.88 Å². The average molecular weight is 352 g/mol. The van der Waals surface area contributed by atoms with Crippen LogP contribution < -0.4 is 10.2 Å². The van der Waals surface area contributed by atoms with E-state index in [1.807, 2.05) is 41.9 Å². The summed E-state index contributed by atoms with van der Waals surface area (Å²) in [6.45, 7) is 4.02. The third-order valence-electron chi connectivity index (χ3n) is 4.46. The van der Waals surface area contributed by atoms with Crippen molar-refractivity contribution in [3.8, 4) is 0 Å². The first-order valence-electron chi connectivity index (χ1n) is 8.43. The molecule has 4 rings (SSSR count). The Morgan fingerprint density at radius 2 is 1.88 bits per heavy atom. The SMILES string of the molecule is O=C(CN1CCN(c2nccs2)CC1)Nc1ccc2ccccc2c1. The summed E-state index contributed by atoms with van der Waals surface area (Å²) >= 11 is 1.66. The molecule has 5 nitrogen and oxygen atoms in total. The van der Waals surface area contributed by atoms with E-state index in [9.17, 15) is 4.79 Å². The number of carbonyl (C=O) groups is 1. The molecule has 1 amide bonds. The van der Waals surface area contributed by atoms with Crippen molar-refractivity contribution < 1.29 is 4.79 Å². The van der Waals surface area contributed by atoms with E-state index in [1.54, 1.807) is 11.3 Å². The zero-order chi connectivity index (χ0) is 17.1. The molecule has 1 aliphatic rings. The van der Waals surface area contributed by atoms with Crippen LogP contribution in [0.3, 0.4) is 0 Å². The van der Waals surface area contributed by atoms with Gasteiger partial charge in [0.2, 0.25) is 5.91 Å². The molecule has 2 aromatic carbocycles. The van der Waals surface area contributed by atoms with E-state index in [0.717, 1.165) is 42.4 Å². The van der Waals surface area contributed by atoms with Crippen molar-refractivity contribution in [2.45, 2.75) is 0 Å². The number of rotatable bonds is 4. The van der Waals surface area contributed by atoms with Gasteiger partial charge in [-0.25, -0.2) is 4.98 Å². The molecule has 0 unspecified atom stereocenters. The van der Waals surface area contributed by atoms with E-state index in [2.05, 4.69) is 32.2 Å². The summed E-state index contributed by atoms with van der Waals surface area (Å²) in [6.07, 6.45) is 1.84. The number of aromatic nitrogens is 1. The first kappa shape index (κ1) is 16.1. The van der Waals surface area contributed by atoms with Crippen LogP contribution in [0.15, 0.2) is 54.0 Å². The molecule has 0 spiro atoms. The van der Waals surface area contributed by atoms with E-state index in [4.69, 9.17) is 0 Å². The second-order valence-electron chi connectivity index (χ2n) is 6.19. The monoisotopic (exact) mass is 352 g/mol. The molecule has 1 N–H and O–H groups in total. The number of piperazine rings is 1. The highest BCUT2D eigenvalue weighted by molar-refractivity contribution is 7.13. The van der Waals surface area contributed by atoms with Gasteiger partial charge in [0.15, 0.2) is 5.13 Å². The maximum absolute atomic E-state index is 12.4. The maximum Gasteiger partial charge on any atom is 0.238 e. The molecule has 2 heterocycles. The first-order chi connectivity index (χ1) is 12.3. The lowest BCUT2D eigenvalue weighted by Crippen LogP contribution is -2.48. The summed E-state index contributed by atoms with van der Waals surface area (Å²) in [5, 5.41) is 8.40. The average Bonchev–Trinajstić information content (AvgIpc) is 3.17. The van der Waals surface area contributed by atoms with E-state index < -0.39 is 0 Å². The third-order valence-corrected chi connectivity index (χ3v) is 5.29. The lowest BCUT2D eigenvalue weighted by Gasteiger charge is -2.34. The molecule has 25 heavy (non-hydrogen) atoms. The number of carbonyl (C=O) groups excluding carboxylic acids is 1. The number of hydrogen-bond acceptors (Lipinski definition) is 5. The highest BCUT2D eigenvalue weighted by atomic mass is 32.1. The van der Waals surface area contributed by atoms with Gasteiger partial charge in [0, 0.05) is 43.4 Å². The number of thiazole rings is 1. The minimum absolute atomic E-state index is 0.0398. The molecular weight excluding hydrogens is 332 g/mol. The van der Waals surface area contributed by atoms with Crippen LogP contribution in [-0.4, -0.2) is 48.5 Å². The highest BCUT2D eigenvalue weighted by Crippen LogP contribution is 2.20. The summed E-state index contributed by atoms with van der Waals surface area (Å²) in [5.74, 6) is 0.0398. The highest BCUT2D eigenvalue weighted by Gasteiger charge is 2.20. The Bertz CT molecular complexity index is 857. The van der Waals surface area contributed by atoms with Gasteiger partial charge >= 0.3 is 0 Å². The Balaban J connectivity index is 1.31. The van der Waals surface area contributed by atoms with Crippen molar-refractivity contribution in [2.24, 2.45) is 0 Å². The van der Waals surface area contributed by atoms with Crippen LogP contribution in [0.5, 0.6) is 0 Å². The van der Waals surface area contributed by atoms with Crippen LogP contribution >= 0.6 is 11.3 Å². The quantitative estimate of drug-likeness (QED) is 0.784. The van der Waals surface area contributed by atoms with Crippen LogP contribution in [0.2, 0.25) is 0 Å². The van der Waals surface area contributed by atoms with E-state index in [0.29, 0.717) is 6.54 Å². The van der Waals surface area contributed by atoms with Crippen LogP contribution in [-0.2, 0) is 4.79 Å². The minimum Gasteiger partial charge on any atom is -0.346 e. The van der Waals surface area contributed by atoms with Crippen molar-refractivity contribution in [3.63, 3.8) is 0 Å². The number of nitrogens with one attached hydrogen (secondary N) is 1. The van der Waals surface area contributed by atoms with E-state index >= 15 is 0 Å². The van der Waals surface area contributed by atoms with Gasteiger partial charge in [0.25, 0.3) is 0 Å². The zero-order valence-electron chi connectivity index (χ0n) is 13.9. The Hall–Kier alpha value is -2.44. The second kappa shape index (κ2) is 7.21. The number of hydrogen-bond donors (Lipinski definition) is 1. The van der Waals surface area contributed by atoms with Crippen molar-refractivity contribution in [2.75, 3.05) is 42.9 Å². The fraction of sp³-hybridized carbons (Fsp3) is 0.263. The standard InChI is InChI=1S/C19H20N4OS/c24-18(21-17-6-5-15-3-1-2-4-16(15)13-17)14-22-8-10-23(11-9-22)19-20-7-12-25-19/h1-7,12-13H,8-11,14H2,(H,21,24). The lowest BCUT2D eigenvalue weighted by atomic mass is 10.1. The third kappa shape index (κ3) is 3.81.